The number of nitrogens with two attached hydrogens (primary N) is 1. The fourth-order valence-corrected chi connectivity index (χ4v) is 4.09. The van der Waals surface area contributed by atoms with Crippen molar-refractivity contribution in [1.82, 2.24) is 0 Å². The largest absolute Gasteiger partial charge is 0.369 e. The lowest BCUT2D eigenvalue weighted by Gasteiger charge is -2.17. The maximum Gasteiger partial charge on any atom is 0.248 e. The van der Waals surface area contributed by atoms with Crippen molar-refractivity contribution < 1.29 is 9.59 Å². The molecule has 2 amide bonds. The van der Waals surface area contributed by atoms with Crippen molar-refractivity contribution >= 4 is 23.2 Å². The molecule has 5 heteroatoms. The number of carbonyl (C=O) groups is 2. The summed E-state index contributed by atoms with van der Waals surface area (Å²) in [5.74, 6) is -0.668. The van der Waals surface area contributed by atoms with Crippen LogP contribution < -0.4 is 10.6 Å². The number of benzene rings is 4. The molecule has 1 heterocycles. The van der Waals surface area contributed by atoms with Gasteiger partial charge in [-0.3, -0.25) is 14.6 Å². The summed E-state index contributed by atoms with van der Waals surface area (Å²) in [5.41, 5.74) is 11.2. The van der Waals surface area contributed by atoms with E-state index in [1.165, 1.54) is 0 Å². The number of likely N-dealkylation sites (N-methyl/N-ethyl adjacent to an activating group) is 1. The molecule has 0 unspecified atom stereocenters. The lowest BCUT2D eigenvalue weighted by atomic mass is 9.91. The van der Waals surface area contributed by atoms with Gasteiger partial charge in [-0.05, 0) is 17.2 Å². The zero-order valence-electron chi connectivity index (χ0n) is 19.5. The number of amides is 2. The van der Waals surface area contributed by atoms with Gasteiger partial charge in [0.1, 0.15) is 6.54 Å². The van der Waals surface area contributed by atoms with E-state index in [1.54, 1.807) is 11.9 Å². The summed E-state index contributed by atoms with van der Waals surface area (Å²) in [6.45, 7) is 0.190. The van der Waals surface area contributed by atoms with E-state index in [9.17, 15) is 9.59 Å². The smallest absolute Gasteiger partial charge is 0.248 e. The van der Waals surface area contributed by atoms with E-state index < -0.39 is 0 Å². The minimum absolute atomic E-state index is 0.0124. The van der Waals surface area contributed by atoms with Gasteiger partial charge in [-0.2, -0.15) is 0 Å². The second-order valence-corrected chi connectivity index (χ2v) is 8.16. The molecule has 0 aliphatic carbocycles. The second-order valence-electron chi connectivity index (χ2n) is 8.16. The molecule has 5 rings (SSSR count). The van der Waals surface area contributed by atoms with Gasteiger partial charge < -0.3 is 10.6 Å². The van der Waals surface area contributed by atoms with Crippen molar-refractivity contribution in [2.75, 3.05) is 18.5 Å². The Morgan fingerprint density at radius 1 is 0.771 bits per heavy atom. The highest BCUT2D eigenvalue weighted by Crippen LogP contribution is 2.26. The first-order valence-electron chi connectivity index (χ1n) is 11.4. The number of primary amides is 1. The van der Waals surface area contributed by atoms with Crippen LogP contribution in [0.25, 0.3) is 0 Å². The maximum absolute atomic E-state index is 12.0. The third-order valence-corrected chi connectivity index (χ3v) is 5.86. The van der Waals surface area contributed by atoms with Crippen LogP contribution in [-0.4, -0.2) is 31.1 Å². The Morgan fingerprint density at radius 2 is 1.26 bits per heavy atom. The summed E-state index contributed by atoms with van der Waals surface area (Å²) in [4.78, 5) is 29.7. The Hall–Kier alpha value is -4.51. The summed E-state index contributed by atoms with van der Waals surface area (Å²) >= 11 is 0. The van der Waals surface area contributed by atoms with Gasteiger partial charge in [0.2, 0.25) is 11.8 Å². The predicted octanol–water partition coefficient (Wildman–Crippen LogP) is 4.80. The number of fused-ring (bicyclic) bond motifs is 1. The molecule has 0 bridgehead atoms. The molecule has 1 aliphatic rings. The number of hydrogen-bond acceptors (Lipinski definition) is 3. The van der Waals surface area contributed by atoms with Crippen LogP contribution in [0.1, 0.15) is 28.2 Å². The molecule has 2 N–H and O–H groups in total. The van der Waals surface area contributed by atoms with Gasteiger partial charge in [0, 0.05) is 18.2 Å². The van der Waals surface area contributed by atoms with E-state index in [-0.39, 0.29) is 24.3 Å². The summed E-state index contributed by atoms with van der Waals surface area (Å²) in [6.07, 6.45) is 0. The molecule has 174 valence electrons. The van der Waals surface area contributed by atoms with E-state index in [4.69, 9.17) is 5.73 Å². The molecule has 4 aromatic rings. The van der Waals surface area contributed by atoms with Crippen LogP contribution in [0, 0.1) is 0 Å². The topological polar surface area (TPSA) is 75.8 Å². The normalized spacial score (nSPS) is 12.7. The molecule has 5 nitrogen and oxygen atoms in total. The zero-order valence-corrected chi connectivity index (χ0v) is 19.5. The Bertz CT molecular complexity index is 1280. The Balaban J connectivity index is 0.000000168. The van der Waals surface area contributed by atoms with Crippen LogP contribution in [0.4, 0.5) is 5.69 Å². The van der Waals surface area contributed by atoms with Crippen molar-refractivity contribution in [2.24, 2.45) is 10.7 Å². The van der Waals surface area contributed by atoms with Gasteiger partial charge in [-0.25, -0.2) is 0 Å². The second kappa shape index (κ2) is 11.1. The minimum atomic E-state index is -0.359. The van der Waals surface area contributed by atoms with Crippen LogP contribution in [0.15, 0.2) is 120 Å². The highest BCUT2D eigenvalue weighted by molar-refractivity contribution is 6.19. The molecule has 0 atom stereocenters. The molecular formula is C30H27N3O2. The number of benzodiazepines with no additional fused rings is 1. The van der Waals surface area contributed by atoms with Crippen molar-refractivity contribution in [3.63, 3.8) is 0 Å². The minimum Gasteiger partial charge on any atom is -0.369 e. The molecular weight excluding hydrogens is 434 g/mol. The fraction of sp³-hybridized carbons (Fsp3) is 0.100. The molecule has 35 heavy (non-hydrogen) atoms. The summed E-state index contributed by atoms with van der Waals surface area (Å²) < 4.78 is 0. The molecule has 0 fully saturated rings. The number of aliphatic imine (C=N–C) groups is 1. The predicted molar refractivity (Wildman–Crippen MR) is 141 cm³/mol. The van der Waals surface area contributed by atoms with Crippen LogP contribution in [0.3, 0.4) is 0 Å². The van der Waals surface area contributed by atoms with Crippen molar-refractivity contribution in [3.05, 3.63) is 138 Å². The van der Waals surface area contributed by atoms with Crippen LogP contribution in [0.2, 0.25) is 0 Å². The fourth-order valence-electron chi connectivity index (χ4n) is 4.09. The third-order valence-electron chi connectivity index (χ3n) is 5.86. The van der Waals surface area contributed by atoms with Gasteiger partial charge in [0.15, 0.2) is 0 Å². The third kappa shape index (κ3) is 5.53. The highest BCUT2D eigenvalue weighted by atomic mass is 16.2. The first kappa shape index (κ1) is 23.6. The monoisotopic (exact) mass is 461 g/mol. The van der Waals surface area contributed by atoms with Crippen LogP contribution in [0.5, 0.6) is 0 Å². The summed E-state index contributed by atoms with van der Waals surface area (Å²) in [6, 6.07) is 37.0. The quantitative estimate of drug-likeness (QED) is 0.474. The molecule has 0 aromatic heterocycles. The average Bonchev–Trinajstić information content (AvgIpc) is 3.03. The standard InChI is InChI=1S/C16H14N2O.C14H13NO/c1-18-14-10-6-5-9-13(14)16(17-11-15(18)19)12-7-3-2-4-8-12;15-14(16)13(11-7-3-1-4-8-11)12-9-5-2-6-10-12/h2-10H,11H2,1H3;1-10,13H,(H2,15,16). The number of hydrogen-bond donors (Lipinski definition) is 1. The Labute approximate surface area is 205 Å². The van der Waals surface area contributed by atoms with Crippen LogP contribution in [-0.2, 0) is 9.59 Å². The Morgan fingerprint density at radius 3 is 1.80 bits per heavy atom. The summed E-state index contributed by atoms with van der Waals surface area (Å²) in [5, 5.41) is 0. The lowest BCUT2D eigenvalue weighted by molar-refractivity contribution is -0.118. The van der Waals surface area contributed by atoms with Crippen molar-refractivity contribution in [3.8, 4) is 0 Å². The Kier molecular flexibility index (Phi) is 7.48. The maximum atomic E-state index is 12.0. The molecule has 4 aromatic carbocycles. The lowest BCUT2D eigenvalue weighted by Crippen LogP contribution is -2.27. The molecule has 0 spiro atoms. The van der Waals surface area contributed by atoms with E-state index in [1.807, 2.05) is 115 Å². The molecule has 0 saturated heterocycles. The average molecular weight is 462 g/mol. The number of anilines is 1. The highest BCUT2D eigenvalue weighted by Gasteiger charge is 2.21. The first-order chi connectivity index (χ1) is 17.1. The number of nitrogens with zero attached hydrogens (tertiary/aromatic N) is 2. The number of carbonyl (C=O) groups excluding carboxylic acids is 2. The number of rotatable bonds is 4. The van der Waals surface area contributed by atoms with E-state index in [2.05, 4.69) is 4.99 Å². The SMILES string of the molecule is CN1C(=O)CN=C(c2ccccc2)c2ccccc21.NC(=O)C(c1ccccc1)c1ccccc1. The van der Waals surface area contributed by atoms with Gasteiger partial charge in [-0.15, -0.1) is 0 Å². The van der Waals surface area contributed by atoms with E-state index >= 15 is 0 Å². The summed E-state index contributed by atoms with van der Waals surface area (Å²) in [7, 11) is 1.80. The van der Waals surface area contributed by atoms with Crippen molar-refractivity contribution in [2.45, 2.75) is 5.92 Å². The molecule has 0 saturated carbocycles. The van der Waals surface area contributed by atoms with Gasteiger partial charge in [-0.1, -0.05) is 109 Å². The van der Waals surface area contributed by atoms with Gasteiger partial charge in [0.25, 0.3) is 0 Å². The van der Waals surface area contributed by atoms with Gasteiger partial charge in [0.05, 0.1) is 17.3 Å². The molecule has 1 aliphatic heterocycles. The zero-order chi connectivity index (χ0) is 24.6. The van der Waals surface area contributed by atoms with Crippen molar-refractivity contribution in [1.29, 1.82) is 0 Å². The van der Waals surface area contributed by atoms with Gasteiger partial charge >= 0.3 is 0 Å². The van der Waals surface area contributed by atoms with E-state index in [0.29, 0.717) is 0 Å². The van der Waals surface area contributed by atoms with Crippen LogP contribution >= 0.6 is 0 Å². The molecule has 0 radical (unpaired) electrons. The first-order valence-corrected chi connectivity index (χ1v) is 11.4. The number of para-hydroxylation sites is 1. The van der Waals surface area contributed by atoms with E-state index in [0.717, 1.165) is 33.7 Å².